The molecule has 1 saturated heterocycles. The van der Waals surface area contributed by atoms with E-state index in [1.807, 2.05) is 30.3 Å². The average molecular weight is 414 g/mol. The van der Waals surface area contributed by atoms with Crippen molar-refractivity contribution in [3.63, 3.8) is 0 Å². The molecule has 0 bridgehead atoms. The molecule has 0 saturated carbocycles. The number of ketones is 1. The number of nitrogens with zero attached hydrogens (tertiary/aromatic N) is 2. The summed E-state index contributed by atoms with van der Waals surface area (Å²) >= 11 is 0. The van der Waals surface area contributed by atoms with E-state index < -0.39 is 22.7 Å². The van der Waals surface area contributed by atoms with Gasteiger partial charge in [0.15, 0.2) is 0 Å². The number of benzene rings is 3. The van der Waals surface area contributed by atoms with Gasteiger partial charge in [-0.05, 0) is 23.3 Å². The summed E-state index contributed by atoms with van der Waals surface area (Å²) < 4.78 is 0. The minimum Gasteiger partial charge on any atom is -0.507 e. The largest absolute Gasteiger partial charge is 0.507 e. The lowest BCUT2D eigenvalue weighted by molar-refractivity contribution is -0.384. The van der Waals surface area contributed by atoms with Crippen LogP contribution in [0, 0.1) is 10.1 Å². The summed E-state index contributed by atoms with van der Waals surface area (Å²) in [6.45, 7) is 0.151. The second-order valence-corrected chi connectivity index (χ2v) is 7.13. The lowest BCUT2D eigenvalue weighted by Gasteiger charge is -2.25. The van der Waals surface area contributed by atoms with Crippen molar-refractivity contribution in [1.82, 2.24) is 4.90 Å². The molecule has 1 aliphatic heterocycles. The maximum Gasteiger partial charge on any atom is 0.295 e. The molecule has 1 atom stereocenters. The molecule has 0 unspecified atom stereocenters. The van der Waals surface area contributed by atoms with Gasteiger partial charge >= 0.3 is 0 Å². The van der Waals surface area contributed by atoms with E-state index >= 15 is 0 Å². The van der Waals surface area contributed by atoms with Gasteiger partial charge < -0.3 is 10.0 Å². The van der Waals surface area contributed by atoms with Crippen molar-refractivity contribution in [3.8, 4) is 0 Å². The molecule has 0 radical (unpaired) electrons. The fraction of sp³-hybridized carbons (Fsp3) is 0.0833. The van der Waals surface area contributed by atoms with Crippen LogP contribution in [0.5, 0.6) is 0 Å². The summed E-state index contributed by atoms with van der Waals surface area (Å²) in [5.74, 6) is -1.80. The van der Waals surface area contributed by atoms with E-state index in [-0.39, 0.29) is 23.6 Å². The molecule has 3 aromatic carbocycles. The van der Waals surface area contributed by atoms with E-state index in [1.54, 1.807) is 30.3 Å². The van der Waals surface area contributed by atoms with E-state index in [0.29, 0.717) is 11.1 Å². The Balaban J connectivity index is 1.85. The summed E-state index contributed by atoms with van der Waals surface area (Å²) in [6, 6.07) is 22.5. The van der Waals surface area contributed by atoms with Crippen LogP contribution in [0.3, 0.4) is 0 Å². The Hall–Kier alpha value is -4.26. The Morgan fingerprint density at radius 2 is 1.48 bits per heavy atom. The van der Waals surface area contributed by atoms with Gasteiger partial charge in [0.05, 0.1) is 16.5 Å². The van der Waals surface area contributed by atoms with Crippen molar-refractivity contribution in [1.29, 1.82) is 0 Å². The van der Waals surface area contributed by atoms with Crippen LogP contribution in [-0.2, 0) is 16.1 Å². The smallest absolute Gasteiger partial charge is 0.295 e. The number of non-ortho nitro benzene ring substituents is 1. The van der Waals surface area contributed by atoms with E-state index in [1.165, 1.54) is 29.2 Å². The van der Waals surface area contributed by atoms with Gasteiger partial charge in [-0.2, -0.15) is 0 Å². The molecule has 4 rings (SSSR count). The first kappa shape index (κ1) is 20.0. The number of hydrogen-bond acceptors (Lipinski definition) is 5. The average Bonchev–Trinajstić information content (AvgIpc) is 3.05. The Bertz CT molecular complexity index is 1170. The summed E-state index contributed by atoms with van der Waals surface area (Å²) in [7, 11) is 0. The van der Waals surface area contributed by atoms with Gasteiger partial charge in [0, 0.05) is 24.2 Å². The molecule has 1 amide bonds. The van der Waals surface area contributed by atoms with Crippen LogP contribution in [0.1, 0.15) is 22.7 Å². The van der Waals surface area contributed by atoms with Crippen LogP contribution in [0.15, 0.2) is 90.5 Å². The van der Waals surface area contributed by atoms with Crippen LogP contribution in [0.2, 0.25) is 0 Å². The number of aliphatic hydroxyl groups excluding tert-OH is 1. The zero-order chi connectivity index (χ0) is 22.0. The molecule has 7 nitrogen and oxygen atoms in total. The lowest BCUT2D eigenvalue weighted by Crippen LogP contribution is -2.29. The van der Waals surface area contributed by atoms with Crippen LogP contribution in [0.4, 0.5) is 5.69 Å². The van der Waals surface area contributed by atoms with E-state index in [0.717, 1.165) is 5.56 Å². The van der Waals surface area contributed by atoms with Crippen LogP contribution in [-0.4, -0.2) is 26.6 Å². The first-order valence-electron chi connectivity index (χ1n) is 9.59. The van der Waals surface area contributed by atoms with Crippen molar-refractivity contribution >= 4 is 23.1 Å². The fourth-order valence-electron chi connectivity index (χ4n) is 3.70. The number of carbonyl (C=O) groups is 2. The highest BCUT2D eigenvalue weighted by atomic mass is 16.6. The lowest BCUT2D eigenvalue weighted by atomic mass is 9.95. The topological polar surface area (TPSA) is 101 Å². The van der Waals surface area contributed by atoms with Crippen molar-refractivity contribution in [2.75, 3.05) is 0 Å². The SMILES string of the molecule is O=C1C(=O)N(Cc2ccccc2)[C@H](c2ccc([N+](=O)[O-])cc2)/C1=C(\O)c1ccccc1. The van der Waals surface area contributed by atoms with Gasteiger partial charge in [0.1, 0.15) is 5.76 Å². The highest BCUT2D eigenvalue weighted by Crippen LogP contribution is 2.40. The van der Waals surface area contributed by atoms with E-state index in [4.69, 9.17) is 0 Å². The molecule has 0 aliphatic carbocycles. The predicted molar refractivity (Wildman–Crippen MR) is 114 cm³/mol. The van der Waals surface area contributed by atoms with Gasteiger partial charge in [-0.15, -0.1) is 0 Å². The Morgan fingerprint density at radius 1 is 0.903 bits per heavy atom. The normalized spacial score (nSPS) is 17.7. The van der Waals surface area contributed by atoms with Crippen molar-refractivity contribution in [2.45, 2.75) is 12.6 Å². The molecule has 1 heterocycles. The minimum absolute atomic E-state index is 0.0408. The van der Waals surface area contributed by atoms with E-state index in [2.05, 4.69) is 0 Å². The number of amides is 1. The fourth-order valence-corrected chi connectivity index (χ4v) is 3.70. The summed E-state index contributed by atoms with van der Waals surface area (Å²) in [4.78, 5) is 37.8. The van der Waals surface area contributed by atoms with Gasteiger partial charge in [-0.1, -0.05) is 60.7 Å². The summed E-state index contributed by atoms with van der Waals surface area (Å²) in [5.41, 5.74) is 1.58. The van der Waals surface area contributed by atoms with Crippen molar-refractivity contribution < 1.29 is 19.6 Å². The van der Waals surface area contributed by atoms with Crippen LogP contribution in [0.25, 0.3) is 5.76 Å². The number of nitro groups is 1. The number of nitro benzene ring substituents is 1. The van der Waals surface area contributed by atoms with Crippen LogP contribution >= 0.6 is 0 Å². The number of aliphatic hydroxyl groups is 1. The van der Waals surface area contributed by atoms with Crippen molar-refractivity contribution in [3.05, 3.63) is 117 Å². The van der Waals surface area contributed by atoms with E-state index in [9.17, 15) is 24.8 Å². The maximum atomic E-state index is 13.0. The molecular formula is C24H18N2O5. The molecular weight excluding hydrogens is 396 g/mol. The quantitative estimate of drug-likeness (QED) is 0.222. The standard InChI is InChI=1S/C24H18N2O5/c27-22(18-9-5-2-6-10-18)20-21(17-11-13-19(14-12-17)26(30)31)25(24(29)23(20)28)15-16-7-3-1-4-8-16/h1-14,21,27H,15H2/b22-20+/t21-/m1/s1. The zero-order valence-corrected chi connectivity index (χ0v) is 16.3. The molecule has 1 fully saturated rings. The second-order valence-electron chi connectivity index (χ2n) is 7.13. The molecule has 154 valence electrons. The van der Waals surface area contributed by atoms with Gasteiger partial charge in [-0.25, -0.2) is 0 Å². The number of likely N-dealkylation sites (tertiary alicyclic amines) is 1. The first-order chi connectivity index (χ1) is 15.0. The molecule has 1 N–H and O–H groups in total. The third kappa shape index (κ3) is 3.81. The highest BCUT2D eigenvalue weighted by Gasteiger charge is 2.46. The van der Waals surface area contributed by atoms with Crippen LogP contribution < -0.4 is 0 Å². The number of hydrogen-bond donors (Lipinski definition) is 1. The molecule has 0 aromatic heterocycles. The number of Topliss-reactive ketones (excluding diaryl/α,β-unsaturated/α-hetero) is 1. The second kappa shape index (κ2) is 8.23. The molecule has 7 heteroatoms. The summed E-state index contributed by atoms with van der Waals surface area (Å²) in [6.07, 6.45) is 0. The third-order valence-electron chi connectivity index (χ3n) is 5.20. The molecule has 3 aromatic rings. The molecule has 31 heavy (non-hydrogen) atoms. The predicted octanol–water partition coefficient (Wildman–Crippen LogP) is 4.22. The zero-order valence-electron chi connectivity index (χ0n) is 16.3. The van der Waals surface area contributed by atoms with Gasteiger partial charge in [-0.3, -0.25) is 19.7 Å². The Labute approximate surface area is 178 Å². The Morgan fingerprint density at radius 3 is 2.06 bits per heavy atom. The van der Waals surface area contributed by atoms with Crippen molar-refractivity contribution in [2.24, 2.45) is 0 Å². The van der Waals surface area contributed by atoms with Gasteiger partial charge in [0.25, 0.3) is 17.4 Å². The molecule has 1 aliphatic rings. The number of carbonyl (C=O) groups excluding carboxylic acids is 2. The number of rotatable bonds is 5. The third-order valence-corrected chi connectivity index (χ3v) is 5.20. The Kier molecular flexibility index (Phi) is 5.32. The monoisotopic (exact) mass is 414 g/mol. The molecule has 0 spiro atoms. The summed E-state index contributed by atoms with van der Waals surface area (Å²) in [5, 5.41) is 22.0. The minimum atomic E-state index is -0.874. The first-order valence-corrected chi connectivity index (χ1v) is 9.59. The highest BCUT2D eigenvalue weighted by molar-refractivity contribution is 6.46. The maximum absolute atomic E-state index is 13.0. The van der Waals surface area contributed by atoms with Gasteiger partial charge in [0.2, 0.25) is 0 Å².